The number of halogens is 1. The number of nitrogens with one attached hydrogen (secondary N) is 1. The molecule has 19 heavy (non-hydrogen) atoms. The van der Waals surface area contributed by atoms with Gasteiger partial charge in [0.25, 0.3) is 0 Å². The fourth-order valence-corrected chi connectivity index (χ4v) is 2.46. The van der Waals surface area contributed by atoms with Gasteiger partial charge in [-0.2, -0.15) is 0 Å². The van der Waals surface area contributed by atoms with E-state index in [-0.39, 0.29) is 0 Å². The first-order chi connectivity index (χ1) is 9.33. The predicted octanol–water partition coefficient (Wildman–Crippen LogP) is 4.61. The van der Waals surface area contributed by atoms with Gasteiger partial charge in [-0.1, -0.05) is 24.3 Å². The first-order valence-electron chi connectivity index (χ1n) is 6.15. The molecule has 3 aromatic rings. The van der Waals surface area contributed by atoms with Crippen molar-refractivity contribution >= 4 is 32.5 Å². The molecular weight excluding hydrogens is 300 g/mol. The first-order valence-corrected chi connectivity index (χ1v) is 6.94. The summed E-state index contributed by atoms with van der Waals surface area (Å²) >= 11 is 3.54. The minimum atomic E-state index is 0.799. The molecule has 0 atom stereocenters. The zero-order valence-corrected chi connectivity index (χ0v) is 11.9. The second kappa shape index (κ2) is 5.41. The Hall–Kier alpha value is -1.87. The fourth-order valence-electron chi connectivity index (χ4n) is 2.04. The van der Waals surface area contributed by atoms with Gasteiger partial charge in [0.05, 0.1) is 5.52 Å². The van der Waals surface area contributed by atoms with Crippen LogP contribution in [0.1, 0.15) is 5.56 Å². The number of nitrogens with zero attached hydrogens (tertiary/aromatic N) is 1. The summed E-state index contributed by atoms with van der Waals surface area (Å²) < 4.78 is 1.08. The SMILES string of the molecule is Brc1ccccc1NCc1ccc2ncccc2c1. The average molecular weight is 313 g/mol. The standard InChI is InChI=1S/C16H13BrN2/c17-14-5-1-2-6-16(14)19-11-12-7-8-15-13(10-12)4-3-9-18-15/h1-10,19H,11H2. The maximum atomic E-state index is 4.33. The highest BCUT2D eigenvalue weighted by Gasteiger charge is 1.99. The van der Waals surface area contributed by atoms with Gasteiger partial charge in [0.2, 0.25) is 0 Å². The molecule has 0 aliphatic rings. The van der Waals surface area contributed by atoms with Crippen LogP contribution in [-0.4, -0.2) is 4.98 Å². The van der Waals surface area contributed by atoms with Crippen molar-refractivity contribution in [3.05, 3.63) is 70.8 Å². The van der Waals surface area contributed by atoms with Gasteiger partial charge in [0.15, 0.2) is 0 Å². The van der Waals surface area contributed by atoms with Gasteiger partial charge in [-0.3, -0.25) is 4.98 Å². The Morgan fingerprint density at radius 2 is 1.89 bits per heavy atom. The largest absolute Gasteiger partial charge is 0.380 e. The van der Waals surface area contributed by atoms with E-state index in [9.17, 15) is 0 Å². The van der Waals surface area contributed by atoms with Crippen molar-refractivity contribution in [2.45, 2.75) is 6.54 Å². The third-order valence-corrected chi connectivity index (χ3v) is 3.72. The molecule has 2 nitrogen and oxygen atoms in total. The summed E-state index contributed by atoms with van der Waals surface area (Å²) in [6.45, 7) is 0.799. The Labute approximate surface area is 120 Å². The lowest BCUT2D eigenvalue weighted by molar-refractivity contribution is 1.15. The van der Waals surface area contributed by atoms with Crippen molar-refractivity contribution in [2.24, 2.45) is 0 Å². The molecule has 3 heteroatoms. The van der Waals surface area contributed by atoms with Crippen LogP contribution < -0.4 is 5.32 Å². The van der Waals surface area contributed by atoms with Gasteiger partial charge >= 0.3 is 0 Å². The van der Waals surface area contributed by atoms with Gasteiger partial charge in [-0.25, -0.2) is 0 Å². The number of hydrogen-bond donors (Lipinski definition) is 1. The van der Waals surface area contributed by atoms with Gasteiger partial charge < -0.3 is 5.32 Å². The van der Waals surface area contributed by atoms with Crippen LogP contribution in [0.3, 0.4) is 0 Å². The summed E-state index contributed by atoms with van der Waals surface area (Å²) in [6, 6.07) is 18.5. The highest BCUT2D eigenvalue weighted by molar-refractivity contribution is 9.10. The molecule has 0 bridgehead atoms. The molecule has 0 aliphatic carbocycles. The van der Waals surface area contributed by atoms with Crippen LogP contribution in [0.4, 0.5) is 5.69 Å². The molecular formula is C16H13BrN2. The van der Waals surface area contributed by atoms with Crippen molar-refractivity contribution in [3.8, 4) is 0 Å². The molecule has 0 aliphatic heterocycles. The Morgan fingerprint density at radius 3 is 2.79 bits per heavy atom. The third-order valence-electron chi connectivity index (χ3n) is 3.02. The molecule has 2 aromatic carbocycles. The number of hydrogen-bond acceptors (Lipinski definition) is 2. The van der Waals surface area contributed by atoms with Gasteiger partial charge in [0, 0.05) is 28.3 Å². The minimum Gasteiger partial charge on any atom is -0.380 e. The number of para-hydroxylation sites is 1. The predicted molar refractivity (Wildman–Crippen MR) is 83.2 cm³/mol. The maximum Gasteiger partial charge on any atom is 0.0702 e. The van der Waals surface area contributed by atoms with Gasteiger partial charge in [0.1, 0.15) is 0 Å². The molecule has 0 unspecified atom stereocenters. The zero-order valence-electron chi connectivity index (χ0n) is 10.3. The summed E-state index contributed by atoms with van der Waals surface area (Å²) in [6.07, 6.45) is 1.82. The quantitative estimate of drug-likeness (QED) is 0.764. The lowest BCUT2D eigenvalue weighted by Gasteiger charge is -2.09. The topological polar surface area (TPSA) is 24.9 Å². The molecule has 1 heterocycles. The van der Waals surface area contributed by atoms with E-state index >= 15 is 0 Å². The number of pyridine rings is 1. The lowest BCUT2D eigenvalue weighted by atomic mass is 10.1. The Kier molecular flexibility index (Phi) is 3.47. The smallest absolute Gasteiger partial charge is 0.0702 e. The third kappa shape index (κ3) is 2.76. The van der Waals surface area contributed by atoms with Crippen LogP contribution in [-0.2, 0) is 6.54 Å². The van der Waals surface area contributed by atoms with Crippen molar-refractivity contribution in [2.75, 3.05) is 5.32 Å². The zero-order chi connectivity index (χ0) is 13.1. The highest BCUT2D eigenvalue weighted by atomic mass is 79.9. The summed E-state index contributed by atoms with van der Waals surface area (Å²) in [5.41, 5.74) is 3.39. The van der Waals surface area contributed by atoms with Crippen molar-refractivity contribution < 1.29 is 0 Å². The molecule has 0 spiro atoms. The number of aromatic nitrogens is 1. The van der Waals surface area contributed by atoms with Crippen LogP contribution in [0.2, 0.25) is 0 Å². The summed E-state index contributed by atoms with van der Waals surface area (Å²) in [5, 5.41) is 4.60. The van der Waals surface area contributed by atoms with E-state index in [0.717, 1.165) is 22.2 Å². The molecule has 1 N–H and O–H groups in total. The molecule has 0 amide bonds. The minimum absolute atomic E-state index is 0.799. The van der Waals surface area contributed by atoms with Gasteiger partial charge in [-0.15, -0.1) is 0 Å². The van der Waals surface area contributed by atoms with Crippen LogP contribution >= 0.6 is 15.9 Å². The van der Waals surface area contributed by atoms with E-state index in [4.69, 9.17) is 0 Å². The van der Waals surface area contributed by atoms with Crippen molar-refractivity contribution in [1.29, 1.82) is 0 Å². The molecule has 0 fully saturated rings. The summed E-state index contributed by atoms with van der Waals surface area (Å²) in [5.74, 6) is 0. The van der Waals surface area contributed by atoms with Crippen LogP contribution in [0.15, 0.2) is 65.3 Å². The molecule has 1 aromatic heterocycles. The normalized spacial score (nSPS) is 10.6. The Bertz CT molecular complexity index is 710. The van der Waals surface area contributed by atoms with E-state index in [1.807, 2.05) is 30.5 Å². The maximum absolute atomic E-state index is 4.33. The van der Waals surface area contributed by atoms with E-state index in [1.54, 1.807) is 0 Å². The van der Waals surface area contributed by atoms with Crippen LogP contribution in [0, 0.1) is 0 Å². The molecule has 0 radical (unpaired) electrons. The van der Waals surface area contributed by atoms with Crippen molar-refractivity contribution in [3.63, 3.8) is 0 Å². The molecule has 0 saturated carbocycles. The Balaban J connectivity index is 1.80. The summed E-state index contributed by atoms with van der Waals surface area (Å²) in [4.78, 5) is 4.33. The monoisotopic (exact) mass is 312 g/mol. The average Bonchev–Trinajstić information content (AvgIpc) is 2.46. The van der Waals surface area contributed by atoms with E-state index in [2.05, 4.69) is 56.6 Å². The van der Waals surface area contributed by atoms with Crippen molar-refractivity contribution in [1.82, 2.24) is 4.98 Å². The second-order valence-electron chi connectivity index (χ2n) is 4.36. The van der Waals surface area contributed by atoms with Gasteiger partial charge in [-0.05, 0) is 51.8 Å². The van der Waals surface area contributed by atoms with Crippen LogP contribution in [0.25, 0.3) is 10.9 Å². The van der Waals surface area contributed by atoms with E-state index in [0.29, 0.717) is 0 Å². The van der Waals surface area contributed by atoms with E-state index < -0.39 is 0 Å². The lowest BCUT2D eigenvalue weighted by Crippen LogP contribution is -1.99. The molecule has 0 saturated heterocycles. The number of fused-ring (bicyclic) bond motifs is 1. The van der Waals surface area contributed by atoms with Crippen LogP contribution in [0.5, 0.6) is 0 Å². The Morgan fingerprint density at radius 1 is 1.00 bits per heavy atom. The molecule has 3 rings (SSSR count). The van der Waals surface area contributed by atoms with E-state index in [1.165, 1.54) is 10.9 Å². The number of benzene rings is 2. The number of rotatable bonds is 3. The first kappa shape index (κ1) is 12.2. The molecule has 94 valence electrons. The highest BCUT2D eigenvalue weighted by Crippen LogP contribution is 2.22. The number of anilines is 1. The second-order valence-corrected chi connectivity index (χ2v) is 5.22. The fraction of sp³-hybridized carbons (Fsp3) is 0.0625. The summed E-state index contributed by atoms with van der Waals surface area (Å²) in [7, 11) is 0.